The molecule has 5 nitrogen and oxygen atoms in total. The molecule has 25 heavy (non-hydrogen) atoms. The van der Waals surface area contributed by atoms with Gasteiger partial charge >= 0.3 is 0 Å². The molecule has 0 aliphatic carbocycles. The fourth-order valence-corrected chi connectivity index (χ4v) is 3.13. The molecule has 0 bridgehead atoms. The number of nitrogens with one attached hydrogen (secondary N) is 1. The lowest BCUT2D eigenvalue weighted by Crippen LogP contribution is -2.25. The van der Waals surface area contributed by atoms with Gasteiger partial charge in [-0.05, 0) is 24.1 Å². The minimum atomic E-state index is -0.131. The third-order valence-electron chi connectivity index (χ3n) is 3.73. The molecule has 0 saturated carbocycles. The Kier molecular flexibility index (Phi) is 5.85. The van der Waals surface area contributed by atoms with Gasteiger partial charge in [-0.1, -0.05) is 36.4 Å². The van der Waals surface area contributed by atoms with Crippen LogP contribution in [0.15, 0.2) is 70.6 Å². The molecule has 0 radical (unpaired) electrons. The fourth-order valence-electron chi connectivity index (χ4n) is 2.38. The van der Waals surface area contributed by atoms with Gasteiger partial charge in [-0.2, -0.15) is 0 Å². The van der Waals surface area contributed by atoms with Crippen molar-refractivity contribution in [3.05, 3.63) is 82.4 Å². The van der Waals surface area contributed by atoms with E-state index >= 15 is 0 Å². The summed E-state index contributed by atoms with van der Waals surface area (Å²) in [4.78, 5) is 25.6. The number of likely N-dealkylation sites (N-methyl/N-ethyl adjacent to an activating group) is 1. The number of hydrogen-bond donors (Lipinski definition) is 1. The van der Waals surface area contributed by atoms with E-state index in [0.29, 0.717) is 11.7 Å². The van der Waals surface area contributed by atoms with Gasteiger partial charge in [-0.25, -0.2) is 9.97 Å². The van der Waals surface area contributed by atoms with Crippen LogP contribution in [0.2, 0.25) is 0 Å². The van der Waals surface area contributed by atoms with Crippen LogP contribution in [0.25, 0.3) is 0 Å². The maximum Gasteiger partial charge on any atom is 0.252 e. The molecule has 0 aliphatic rings. The van der Waals surface area contributed by atoms with Crippen LogP contribution in [0, 0.1) is 0 Å². The Bertz CT molecular complexity index is 852. The molecule has 3 rings (SSSR count). The van der Waals surface area contributed by atoms with E-state index in [9.17, 15) is 4.79 Å². The lowest BCUT2D eigenvalue weighted by Gasteiger charge is -2.18. The molecular formula is C19H20N4OS. The summed E-state index contributed by atoms with van der Waals surface area (Å²) in [5.74, 6) is 1.21. The molecule has 0 unspecified atom stereocenters. The highest BCUT2D eigenvalue weighted by molar-refractivity contribution is 7.98. The largest absolute Gasteiger partial charge is 0.345 e. The van der Waals surface area contributed by atoms with E-state index in [1.165, 1.54) is 5.56 Å². The van der Waals surface area contributed by atoms with Crippen LogP contribution in [-0.4, -0.2) is 28.5 Å². The van der Waals surface area contributed by atoms with Crippen molar-refractivity contribution in [3.63, 3.8) is 0 Å². The third kappa shape index (κ3) is 5.19. The molecule has 0 atom stereocenters. The maximum absolute atomic E-state index is 12.0. The predicted molar refractivity (Wildman–Crippen MR) is 102 cm³/mol. The van der Waals surface area contributed by atoms with Crippen molar-refractivity contribution >= 4 is 17.7 Å². The summed E-state index contributed by atoms with van der Waals surface area (Å²) in [6.07, 6.45) is 2.66. The molecule has 0 amide bonds. The number of aromatic amines is 1. The fraction of sp³-hybridized carbons (Fsp3) is 0.211. The molecule has 0 fully saturated rings. The summed E-state index contributed by atoms with van der Waals surface area (Å²) in [6, 6.07) is 17.6. The maximum atomic E-state index is 12.0. The molecule has 6 heteroatoms. The second-order valence-corrected chi connectivity index (χ2v) is 6.67. The van der Waals surface area contributed by atoms with Gasteiger partial charge in [0, 0.05) is 31.6 Å². The zero-order chi connectivity index (χ0) is 17.5. The smallest absolute Gasteiger partial charge is 0.252 e. The van der Waals surface area contributed by atoms with E-state index in [1.807, 2.05) is 48.3 Å². The van der Waals surface area contributed by atoms with Crippen molar-refractivity contribution in [3.8, 4) is 0 Å². The number of aromatic nitrogens is 3. The summed E-state index contributed by atoms with van der Waals surface area (Å²) in [5, 5.41) is 0.920. The monoisotopic (exact) mass is 352 g/mol. The highest BCUT2D eigenvalue weighted by atomic mass is 32.2. The van der Waals surface area contributed by atoms with Gasteiger partial charge < -0.3 is 4.90 Å². The normalized spacial score (nSPS) is 10.6. The minimum Gasteiger partial charge on any atom is -0.345 e. The Labute approximate surface area is 151 Å². The van der Waals surface area contributed by atoms with Crippen molar-refractivity contribution in [1.82, 2.24) is 15.0 Å². The van der Waals surface area contributed by atoms with Crippen molar-refractivity contribution < 1.29 is 0 Å². The first-order valence-corrected chi connectivity index (χ1v) is 9.08. The Balaban J connectivity index is 1.65. The van der Waals surface area contributed by atoms with Crippen LogP contribution in [0.5, 0.6) is 0 Å². The SMILES string of the molecule is CN(CCc1ccccc1)c1nc(CSc2ccccn2)cc(=O)[nH]1. The minimum absolute atomic E-state index is 0.131. The average Bonchev–Trinajstić information content (AvgIpc) is 2.66. The topological polar surface area (TPSA) is 61.9 Å². The van der Waals surface area contributed by atoms with Crippen LogP contribution in [-0.2, 0) is 12.2 Å². The summed E-state index contributed by atoms with van der Waals surface area (Å²) in [6.45, 7) is 0.782. The lowest BCUT2D eigenvalue weighted by atomic mass is 10.1. The number of pyridine rings is 1. The summed E-state index contributed by atoms with van der Waals surface area (Å²) in [5.41, 5.74) is 1.88. The molecular weight excluding hydrogens is 332 g/mol. The highest BCUT2D eigenvalue weighted by Gasteiger charge is 2.07. The molecule has 1 N–H and O–H groups in total. The van der Waals surface area contributed by atoms with Crippen molar-refractivity contribution in [2.75, 3.05) is 18.5 Å². The van der Waals surface area contributed by atoms with Gasteiger partial charge in [0.25, 0.3) is 5.56 Å². The first kappa shape index (κ1) is 17.2. The van der Waals surface area contributed by atoms with Crippen LogP contribution in [0.3, 0.4) is 0 Å². The van der Waals surface area contributed by atoms with Crippen molar-refractivity contribution in [2.45, 2.75) is 17.2 Å². The van der Waals surface area contributed by atoms with Crippen molar-refractivity contribution in [1.29, 1.82) is 0 Å². The number of benzene rings is 1. The summed E-state index contributed by atoms with van der Waals surface area (Å²) >= 11 is 1.57. The van der Waals surface area contributed by atoms with E-state index < -0.39 is 0 Å². The van der Waals surface area contributed by atoms with Gasteiger partial charge in [0.05, 0.1) is 10.7 Å². The van der Waals surface area contributed by atoms with E-state index in [-0.39, 0.29) is 5.56 Å². The van der Waals surface area contributed by atoms with Crippen LogP contribution in [0.4, 0.5) is 5.95 Å². The van der Waals surface area contributed by atoms with Crippen LogP contribution < -0.4 is 10.5 Å². The first-order valence-electron chi connectivity index (χ1n) is 8.10. The Hall–Kier alpha value is -2.60. The quantitative estimate of drug-likeness (QED) is 0.662. The molecule has 3 aromatic rings. The molecule has 2 heterocycles. The zero-order valence-corrected chi connectivity index (χ0v) is 14.9. The molecule has 128 valence electrons. The second-order valence-electron chi connectivity index (χ2n) is 5.67. The Morgan fingerprint density at radius 1 is 1.12 bits per heavy atom. The number of rotatable bonds is 7. The molecule has 0 spiro atoms. The van der Waals surface area contributed by atoms with Gasteiger partial charge in [-0.15, -0.1) is 11.8 Å². The summed E-state index contributed by atoms with van der Waals surface area (Å²) < 4.78 is 0. The molecule has 2 aromatic heterocycles. The van der Waals surface area contributed by atoms with Gasteiger partial charge in [-0.3, -0.25) is 9.78 Å². The number of nitrogens with zero attached hydrogens (tertiary/aromatic N) is 3. The van der Waals surface area contributed by atoms with Crippen LogP contribution in [0.1, 0.15) is 11.3 Å². The van der Waals surface area contributed by atoms with E-state index in [2.05, 4.69) is 27.1 Å². The zero-order valence-electron chi connectivity index (χ0n) is 14.1. The average molecular weight is 352 g/mol. The van der Waals surface area contributed by atoms with E-state index in [0.717, 1.165) is 23.7 Å². The number of anilines is 1. The number of H-pyrrole nitrogens is 1. The standard InChI is InChI=1S/C19H20N4OS/c1-23(12-10-15-7-3-2-4-8-15)19-21-16(13-17(24)22-19)14-25-18-9-5-6-11-20-18/h2-9,11,13H,10,12,14H2,1H3,(H,21,22,24). The Morgan fingerprint density at radius 3 is 2.68 bits per heavy atom. The third-order valence-corrected chi connectivity index (χ3v) is 4.71. The van der Waals surface area contributed by atoms with E-state index in [1.54, 1.807) is 24.0 Å². The molecule has 0 saturated heterocycles. The van der Waals surface area contributed by atoms with Gasteiger partial charge in [0.15, 0.2) is 0 Å². The molecule has 1 aromatic carbocycles. The predicted octanol–water partition coefficient (Wildman–Crippen LogP) is 3.14. The van der Waals surface area contributed by atoms with E-state index in [4.69, 9.17) is 0 Å². The van der Waals surface area contributed by atoms with Gasteiger partial charge in [0.2, 0.25) is 5.95 Å². The van der Waals surface area contributed by atoms with Crippen molar-refractivity contribution in [2.24, 2.45) is 0 Å². The van der Waals surface area contributed by atoms with Gasteiger partial charge in [0.1, 0.15) is 0 Å². The van der Waals surface area contributed by atoms with Crippen LogP contribution >= 0.6 is 11.8 Å². The second kappa shape index (κ2) is 8.48. The first-order chi connectivity index (χ1) is 12.2. The molecule has 0 aliphatic heterocycles. The number of thioether (sulfide) groups is 1. The highest BCUT2D eigenvalue weighted by Crippen LogP contribution is 2.19. The number of hydrogen-bond acceptors (Lipinski definition) is 5. The summed E-state index contributed by atoms with van der Waals surface area (Å²) in [7, 11) is 1.94. The lowest BCUT2D eigenvalue weighted by molar-refractivity contribution is 0.827. The Morgan fingerprint density at radius 2 is 1.92 bits per heavy atom.